The van der Waals surface area contributed by atoms with Crippen LogP contribution in [0.1, 0.15) is 15.2 Å². The fourth-order valence-corrected chi connectivity index (χ4v) is 3.70. The molecule has 90 valence electrons. The van der Waals surface area contributed by atoms with Crippen LogP contribution in [-0.4, -0.2) is 13.0 Å². The number of carbonyl (C=O) groups is 1. The molecular weight excluding hydrogens is 272 g/mol. The van der Waals surface area contributed by atoms with Crippen molar-refractivity contribution in [2.75, 3.05) is 7.05 Å². The SMILES string of the molecule is CNCc1ccc2c(C(N)=O)sc(S)c2c1S. The highest BCUT2D eigenvalue weighted by molar-refractivity contribution is 7.83. The Balaban J connectivity index is 2.74. The van der Waals surface area contributed by atoms with Gasteiger partial charge in [-0.05, 0) is 12.6 Å². The molecule has 0 aliphatic heterocycles. The predicted octanol–water partition coefficient (Wildman–Crippen LogP) is 2.30. The summed E-state index contributed by atoms with van der Waals surface area (Å²) in [6.07, 6.45) is 0. The van der Waals surface area contributed by atoms with Gasteiger partial charge in [-0.3, -0.25) is 4.79 Å². The molecule has 3 nitrogen and oxygen atoms in total. The summed E-state index contributed by atoms with van der Waals surface area (Å²) in [6.45, 7) is 0.726. The molecule has 2 aromatic rings. The van der Waals surface area contributed by atoms with Gasteiger partial charge >= 0.3 is 0 Å². The fraction of sp³-hybridized carbons (Fsp3) is 0.182. The highest BCUT2D eigenvalue weighted by Gasteiger charge is 2.16. The smallest absolute Gasteiger partial charge is 0.259 e. The zero-order chi connectivity index (χ0) is 12.6. The molecule has 0 atom stereocenters. The van der Waals surface area contributed by atoms with Crippen molar-refractivity contribution in [2.24, 2.45) is 5.73 Å². The fourth-order valence-electron chi connectivity index (χ4n) is 1.76. The molecule has 0 radical (unpaired) electrons. The van der Waals surface area contributed by atoms with Crippen molar-refractivity contribution in [1.82, 2.24) is 5.32 Å². The van der Waals surface area contributed by atoms with Crippen LogP contribution in [0.5, 0.6) is 0 Å². The Bertz CT molecular complexity index is 592. The summed E-state index contributed by atoms with van der Waals surface area (Å²) in [4.78, 5) is 12.7. The van der Waals surface area contributed by atoms with Crippen LogP contribution in [0.2, 0.25) is 0 Å². The van der Waals surface area contributed by atoms with Gasteiger partial charge in [-0.15, -0.1) is 36.6 Å². The Labute approximate surface area is 114 Å². The van der Waals surface area contributed by atoms with E-state index in [4.69, 9.17) is 5.73 Å². The maximum absolute atomic E-state index is 11.3. The van der Waals surface area contributed by atoms with Crippen LogP contribution in [0.3, 0.4) is 0 Å². The van der Waals surface area contributed by atoms with Gasteiger partial charge < -0.3 is 11.1 Å². The number of hydrogen-bond donors (Lipinski definition) is 4. The Morgan fingerprint density at radius 3 is 2.76 bits per heavy atom. The monoisotopic (exact) mass is 284 g/mol. The first kappa shape index (κ1) is 12.8. The van der Waals surface area contributed by atoms with E-state index >= 15 is 0 Å². The molecule has 0 saturated carbocycles. The number of benzene rings is 1. The maximum atomic E-state index is 11.3. The number of thiol groups is 2. The lowest BCUT2D eigenvalue weighted by Crippen LogP contribution is -2.09. The molecule has 1 aromatic carbocycles. The second kappa shape index (κ2) is 4.89. The molecule has 2 rings (SSSR count). The zero-order valence-corrected chi connectivity index (χ0v) is 11.8. The number of carbonyl (C=O) groups excluding carboxylic acids is 1. The summed E-state index contributed by atoms with van der Waals surface area (Å²) >= 11 is 10.2. The highest BCUT2D eigenvalue weighted by Crippen LogP contribution is 2.38. The van der Waals surface area contributed by atoms with Crippen molar-refractivity contribution in [3.63, 3.8) is 0 Å². The molecule has 0 bridgehead atoms. The average Bonchev–Trinajstić information content (AvgIpc) is 2.61. The molecule has 6 heteroatoms. The molecular formula is C11H12N2OS3. The van der Waals surface area contributed by atoms with Crippen molar-refractivity contribution in [3.05, 3.63) is 22.6 Å². The standard InChI is InChI=1S/C11H12N2OS3/c1-13-4-5-2-3-6-7(8(5)15)11(16)17-9(6)10(12)14/h2-3,13,15-16H,4H2,1H3,(H2,12,14). The molecule has 1 heterocycles. The summed E-state index contributed by atoms with van der Waals surface area (Å²) in [6, 6.07) is 3.85. The van der Waals surface area contributed by atoms with Crippen LogP contribution >= 0.6 is 36.6 Å². The first-order valence-corrected chi connectivity index (χ1v) is 6.68. The summed E-state index contributed by atoms with van der Waals surface area (Å²) in [7, 11) is 1.88. The molecule has 17 heavy (non-hydrogen) atoms. The number of amides is 1. The van der Waals surface area contributed by atoms with Crippen molar-refractivity contribution < 1.29 is 4.79 Å². The van der Waals surface area contributed by atoms with E-state index in [0.717, 1.165) is 32.0 Å². The van der Waals surface area contributed by atoms with E-state index in [1.54, 1.807) is 0 Å². The molecule has 0 aliphatic rings. The topological polar surface area (TPSA) is 55.1 Å². The van der Waals surface area contributed by atoms with Crippen molar-refractivity contribution in [3.8, 4) is 0 Å². The van der Waals surface area contributed by atoms with E-state index in [-0.39, 0.29) is 0 Å². The van der Waals surface area contributed by atoms with E-state index in [0.29, 0.717) is 4.88 Å². The Morgan fingerprint density at radius 1 is 1.47 bits per heavy atom. The molecule has 1 amide bonds. The van der Waals surface area contributed by atoms with Crippen LogP contribution < -0.4 is 11.1 Å². The number of rotatable bonds is 3. The number of thiophene rings is 1. The second-order valence-electron chi connectivity index (χ2n) is 3.63. The summed E-state index contributed by atoms with van der Waals surface area (Å²) < 4.78 is 0.775. The largest absolute Gasteiger partial charge is 0.365 e. The van der Waals surface area contributed by atoms with Crippen molar-refractivity contribution in [2.45, 2.75) is 15.6 Å². The summed E-state index contributed by atoms with van der Waals surface area (Å²) in [5, 5.41) is 4.81. The van der Waals surface area contributed by atoms with E-state index in [2.05, 4.69) is 30.6 Å². The van der Waals surface area contributed by atoms with E-state index in [1.165, 1.54) is 11.3 Å². The Morgan fingerprint density at radius 2 is 2.18 bits per heavy atom. The van der Waals surface area contributed by atoms with Gasteiger partial charge in [-0.2, -0.15) is 0 Å². The molecule has 0 spiro atoms. The normalized spacial score (nSPS) is 11.0. The lowest BCUT2D eigenvalue weighted by Gasteiger charge is -2.06. The van der Waals surface area contributed by atoms with Crippen LogP contribution in [0.25, 0.3) is 10.8 Å². The number of hydrogen-bond acceptors (Lipinski definition) is 5. The van der Waals surface area contributed by atoms with E-state index in [1.807, 2.05) is 19.2 Å². The van der Waals surface area contributed by atoms with Gasteiger partial charge in [0.25, 0.3) is 5.91 Å². The van der Waals surface area contributed by atoms with Gasteiger partial charge in [0.05, 0.1) is 4.21 Å². The van der Waals surface area contributed by atoms with Crippen LogP contribution in [0.15, 0.2) is 21.2 Å². The molecule has 0 saturated heterocycles. The van der Waals surface area contributed by atoms with Gasteiger partial charge in [-0.1, -0.05) is 12.1 Å². The zero-order valence-electron chi connectivity index (χ0n) is 9.15. The third kappa shape index (κ3) is 2.18. The summed E-state index contributed by atoms with van der Waals surface area (Å²) in [5.41, 5.74) is 6.42. The minimum atomic E-state index is -0.422. The van der Waals surface area contributed by atoms with Gasteiger partial charge in [0.15, 0.2) is 0 Å². The van der Waals surface area contributed by atoms with E-state index < -0.39 is 5.91 Å². The first-order valence-electron chi connectivity index (χ1n) is 4.97. The molecule has 0 aliphatic carbocycles. The summed E-state index contributed by atoms with van der Waals surface area (Å²) in [5.74, 6) is -0.422. The molecule has 0 unspecified atom stereocenters. The Hall–Kier alpha value is -0.690. The number of primary amides is 1. The average molecular weight is 284 g/mol. The highest BCUT2D eigenvalue weighted by atomic mass is 32.2. The number of fused-ring (bicyclic) bond motifs is 1. The van der Waals surface area contributed by atoms with Crippen LogP contribution in [0.4, 0.5) is 0 Å². The lowest BCUT2D eigenvalue weighted by molar-refractivity contribution is 0.101. The van der Waals surface area contributed by atoms with Crippen molar-refractivity contribution in [1.29, 1.82) is 0 Å². The minimum absolute atomic E-state index is 0.422. The number of nitrogens with two attached hydrogens (primary N) is 1. The van der Waals surface area contributed by atoms with E-state index in [9.17, 15) is 4.79 Å². The maximum Gasteiger partial charge on any atom is 0.259 e. The minimum Gasteiger partial charge on any atom is -0.365 e. The van der Waals surface area contributed by atoms with Gasteiger partial charge in [0.2, 0.25) is 0 Å². The Kier molecular flexibility index (Phi) is 3.67. The molecule has 0 fully saturated rings. The third-order valence-electron chi connectivity index (χ3n) is 2.51. The third-order valence-corrected chi connectivity index (χ3v) is 4.54. The second-order valence-corrected chi connectivity index (χ2v) is 5.84. The van der Waals surface area contributed by atoms with Crippen LogP contribution in [-0.2, 0) is 6.54 Å². The van der Waals surface area contributed by atoms with Crippen LogP contribution in [0, 0.1) is 0 Å². The lowest BCUT2D eigenvalue weighted by atomic mass is 10.1. The van der Waals surface area contributed by atoms with Crippen molar-refractivity contribution >= 4 is 53.3 Å². The van der Waals surface area contributed by atoms with Gasteiger partial charge in [-0.25, -0.2) is 0 Å². The quantitative estimate of drug-likeness (QED) is 0.654. The van der Waals surface area contributed by atoms with Gasteiger partial charge in [0, 0.05) is 22.2 Å². The molecule has 3 N–H and O–H groups in total. The molecule has 1 aromatic heterocycles. The van der Waals surface area contributed by atoms with Gasteiger partial charge in [0.1, 0.15) is 4.88 Å². The first-order chi connectivity index (χ1) is 8.06. The number of nitrogens with one attached hydrogen (secondary N) is 1. The predicted molar refractivity (Wildman–Crippen MR) is 77.6 cm³/mol.